The first-order valence-corrected chi connectivity index (χ1v) is 6.75. The molecule has 6 nitrogen and oxygen atoms in total. The van der Waals surface area contributed by atoms with E-state index in [0.29, 0.717) is 13.0 Å². The predicted molar refractivity (Wildman–Crippen MR) is 74.9 cm³/mol. The van der Waals surface area contributed by atoms with E-state index in [2.05, 4.69) is 5.10 Å². The summed E-state index contributed by atoms with van der Waals surface area (Å²) in [6.07, 6.45) is 0.338. The van der Waals surface area contributed by atoms with Gasteiger partial charge in [-0.3, -0.25) is 14.4 Å². The molecule has 0 saturated heterocycles. The first-order chi connectivity index (χ1) is 9.19. The molecule has 1 amide bonds. The van der Waals surface area contributed by atoms with E-state index in [1.807, 2.05) is 27.7 Å². The number of aryl methyl sites for hydroxylation is 1. The molecule has 110 valence electrons. The number of hydrogen-bond donors (Lipinski definition) is 0. The van der Waals surface area contributed by atoms with Crippen molar-refractivity contribution in [1.82, 2.24) is 9.78 Å². The molecule has 1 aliphatic heterocycles. The second-order valence-electron chi connectivity index (χ2n) is 6.12. The van der Waals surface area contributed by atoms with Crippen molar-refractivity contribution in [3.8, 4) is 0 Å². The van der Waals surface area contributed by atoms with Gasteiger partial charge in [0.1, 0.15) is 5.60 Å². The summed E-state index contributed by atoms with van der Waals surface area (Å²) in [6.45, 7) is 9.72. The molecule has 0 unspecified atom stereocenters. The molecule has 2 heterocycles. The lowest BCUT2D eigenvalue weighted by Gasteiger charge is -2.24. The number of anilines is 1. The van der Waals surface area contributed by atoms with E-state index in [-0.39, 0.29) is 18.4 Å². The summed E-state index contributed by atoms with van der Waals surface area (Å²) >= 11 is 0. The second-order valence-corrected chi connectivity index (χ2v) is 6.12. The van der Waals surface area contributed by atoms with E-state index in [9.17, 15) is 9.59 Å². The van der Waals surface area contributed by atoms with Crippen LogP contribution < -0.4 is 4.90 Å². The summed E-state index contributed by atoms with van der Waals surface area (Å²) in [5.41, 5.74) is 1.96. The Bertz CT molecular complexity index is 555. The number of carbonyl (C=O) groups is 2. The first kappa shape index (κ1) is 14.6. The third-order valence-corrected chi connectivity index (χ3v) is 3.03. The highest BCUT2D eigenvalue weighted by Gasteiger charge is 2.33. The van der Waals surface area contributed by atoms with Gasteiger partial charge in [0, 0.05) is 13.0 Å². The molecule has 0 N–H and O–H groups in total. The number of ketones is 1. The summed E-state index contributed by atoms with van der Waals surface area (Å²) in [5, 5.41) is 4.35. The average molecular weight is 279 g/mol. The topological polar surface area (TPSA) is 64.4 Å². The van der Waals surface area contributed by atoms with Crippen molar-refractivity contribution in [2.75, 3.05) is 11.4 Å². The van der Waals surface area contributed by atoms with Gasteiger partial charge in [-0.2, -0.15) is 5.10 Å². The Labute approximate surface area is 118 Å². The number of aromatic nitrogens is 2. The molecule has 20 heavy (non-hydrogen) atoms. The Kier molecular flexibility index (Phi) is 3.58. The standard InChI is InChI=1S/C14H21N3O3/c1-9(18)8-17-11-6-7-16(12(11)10(2)15-17)13(19)20-14(3,4)5/h6-8H2,1-5H3. The number of hydrogen-bond acceptors (Lipinski definition) is 4. The molecule has 0 atom stereocenters. The van der Waals surface area contributed by atoms with E-state index in [1.165, 1.54) is 6.92 Å². The van der Waals surface area contributed by atoms with Gasteiger partial charge in [-0.1, -0.05) is 0 Å². The normalized spacial score (nSPS) is 14.3. The molecular weight excluding hydrogens is 258 g/mol. The molecule has 1 aromatic rings. The molecule has 0 saturated carbocycles. The number of carbonyl (C=O) groups excluding carboxylic acids is 2. The molecule has 0 aromatic carbocycles. The highest BCUT2D eigenvalue weighted by Crippen LogP contribution is 2.32. The fraction of sp³-hybridized carbons (Fsp3) is 0.643. The minimum Gasteiger partial charge on any atom is -0.443 e. The van der Waals surface area contributed by atoms with Crippen molar-refractivity contribution in [1.29, 1.82) is 0 Å². The third-order valence-electron chi connectivity index (χ3n) is 3.03. The molecule has 0 bridgehead atoms. The quantitative estimate of drug-likeness (QED) is 0.831. The van der Waals surface area contributed by atoms with Gasteiger partial charge in [-0.15, -0.1) is 0 Å². The fourth-order valence-electron chi connectivity index (χ4n) is 2.39. The Balaban J connectivity index is 2.27. The van der Waals surface area contributed by atoms with Crippen molar-refractivity contribution in [3.05, 3.63) is 11.4 Å². The van der Waals surface area contributed by atoms with E-state index in [4.69, 9.17) is 4.74 Å². The highest BCUT2D eigenvalue weighted by molar-refractivity contribution is 5.91. The largest absolute Gasteiger partial charge is 0.443 e. The predicted octanol–water partition coefficient (Wildman–Crippen LogP) is 2.08. The van der Waals surface area contributed by atoms with Gasteiger partial charge in [-0.25, -0.2) is 4.79 Å². The summed E-state index contributed by atoms with van der Waals surface area (Å²) in [6, 6.07) is 0. The molecule has 0 radical (unpaired) electrons. The SMILES string of the molecule is CC(=O)Cn1nc(C)c2c1CCN2C(=O)OC(C)(C)C. The van der Waals surface area contributed by atoms with Crippen molar-refractivity contribution in [3.63, 3.8) is 0 Å². The Morgan fingerprint density at radius 3 is 2.55 bits per heavy atom. The lowest BCUT2D eigenvalue weighted by molar-refractivity contribution is -0.117. The zero-order valence-electron chi connectivity index (χ0n) is 12.7. The van der Waals surface area contributed by atoms with Crippen LogP contribution >= 0.6 is 0 Å². The van der Waals surface area contributed by atoms with E-state index >= 15 is 0 Å². The van der Waals surface area contributed by atoms with Gasteiger partial charge in [0.15, 0.2) is 5.78 Å². The van der Waals surface area contributed by atoms with Crippen LogP contribution in [0, 0.1) is 6.92 Å². The maximum atomic E-state index is 12.2. The third kappa shape index (κ3) is 2.84. The molecule has 1 aliphatic rings. The minimum atomic E-state index is -0.525. The number of amides is 1. The van der Waals surface area contributed by atoms with E-state index < -0.39 is 5.60 Å². The van der Waals surface area contributed by atoms with Gasteiger partial charge in [0.05, 0.1) is 23.6 Å². The molecule has 1 aromatic heterocycles. The van der Waals surface area contributed by atoms with Crippen LogP contribution in [-0.2, 0) is 22.5 Å². The number of nitrogens with zero attached hydrogens (tertiary/aromatic N) is 3. The molecule has 2 rings (SSSR count). The Hall–Kier alpha value is -1.85. The van der Waals surface area contributed by atoms with Crippen LogP contribution in [0.1, 0.15) is 39.1 Å². The van der Waals surface area contributed by atoms with Crippen molar-refractivity contribution in [2.24, 2.45) is 0 Å². The van der Waals surface area contributed by atoms with E-state index in [0.717, 1.165) is 17.1 Å². The zero-order chi connectivity index (χ0) is 15.1. The summed E-state index contributed by atoms with van der Waals surface area (Å²) in [7, 11) is 0. The van der Waals surface area contributed by atoms with Crippen LogP contribution in [0.5, 0.6) is 0 Å². The van der Waals surface area contributed by atoms with Gasteiger partial charge in [0.2, 0.25) is 0 Å². The number of fused-ring (bicyclic) bond motifs is 1. The van der Waals surface area contributed by atoms with Gasteiger partial charge in [-0.05, 0) is 34.6 Å². The smallest absolute Gasteiger partial charge is 0.414 e. The zero-order valence-corrected chi connectivity index (χ0v) is 12.7. The van der Waals surface area contributed by atoms with Crippen LogP contribution in [0.4, 0.5) is 10.5 Å². The average Bonchev–Trinajstić information content (AvgIpc) is 2.78. The first-order valence-electron chi connectivity index (χ1n) is 6.75. The Morgan fingerprint density at radius 1 is 1.35 bits per heavy atom. The summed E-state index contributed by atoms with van der Waals surface area (Å²) in [5.74, 6) is 0.0472. The summed E-state index contributed by atoms with van der Waals surface area (Å²) in [4.78, 5) is 25.1. The lowest BCUT2D eigenvalue weighted by Crippen LogP contribution is -2.36. The van der Waals surface area contributed by atoms with Crippen LogP contribution in [-0.4, -0.2) is 33.8 Å². The van der Waals surface area contributed by atoms with Crippen LogP contribution in [0.3, 0.4) is 0 Å². The van der Waals surface area contributed by atoms with Gasteiger partial charge >= 0.3 is 6.09 Å². The molecular formula is C14H21N3O3. The summed E-state index contributed by atoms with van der Waals surface area (Å²) < 4.78 is 7.10. The van der Waals surface area contributed by atoms with Crippen LogP contribution in [0.25, 0.3) is 0 Å². The highest BCUT2D eigenvalue weighted by atomic mass is 16.6. The molecule has 0 fully saturated rings. The number of ether oxygens (including phenoxy) is 1. The van der Waals surface area contributed by atoms with Gasteiger partial charge in [0.25, 0.3) is 0 Å². The maximum absolute atomic E-state index is 12.2. The second kappa shape index (κ2) is 4.92. The van der Waals surface area contributed by atoms with Crippen LogP contribution in [0.2, 0.25) is 0 Å². The molecule has 0 aliphatic carbocycles. The van der Waals surface area contributed by atoms with Crippen molar-refractivity contribution >= 4 is 17.6 Å². The Morgan fingerprint density at radius 2 is 2.00 bits per heavy atom. The monoisotopic (exact) mass is 279 g/mol. The maximum Gasteiger partial charge on any atom is 0.414 e. The molecule has 0 spiro atoms. The lowest BCUT2D eigenvalue weighted by atomic mass is 10.2. The van der Waals surface area contributed by atoms with Crippen molar-refractivity contribution < 1.29 is 14.3 Å². The number of rotatable bonds is 2. The van der Waals surface area contributed by atoms with Gasteiger partial charge < -0.3 is 4.74 Å². The van der Waals surface area contributed by atoms with E-state index in [1.54, 1.807) is 9.58 Å². The van der Waals surface area contributed by atoms with Crippen LogP contribution in [0.15, 0.2) is 0 Å². The van der Waals surface area contributed by atoms with Crippen molar-refractivity contribution in [2.45, 2.75) is 53.2 Å². The number of Topliss-reactive ketones (excluding diaryl/α,β-unsaturated/α-hetero) is 1. The fourth-order valence-corrected chi connectivity index (χ4v) is 2.39. The minimum absolute atomic E-state index is 0.0472. The molecule has 6 heteroatoms.